The number of benzene rings is 1. The number of alkyl halides is 5. The first kappa shape index (κ1) is 21.8. The van der Waals surface area contributed by atoms with E-state index in [0.717, 1.165) is 6.07 Å². The summed E-state index contributed by atoms with van der Waals surface area (Å²) in [7, 11) is 0. The zero-order valence-corrected chi connectivity index (χ0v) is 15.7. The zero-order valence-electron chi connectivity index (χ0n) is 15.7. The van der Waals surface area contributed by atoms with Crippen molar-refractivity contribution in [2.24, 2.45) is 5.92 Å². The Balaban J connectivity index is 1.49. The first-order valence-electron chi connectivity index (χ1n) is 9.27. The van der Waals surface area contributed by atoms with Crippen LogP contribution in [0.25, 0.3) is 0 Å². The van der Waals surface area contributed by atoms with Crippen LogP contribution in [0.2, 0.25) is 0 Å². The van der Waals surface area contributed by atoms with Crippen molar-refractivity contribution in [2.45, 2.75) is 44.6 Å². The lowest BCUT2D eigenvalue weighted by Crippen LogP contribution is -2.31. The highest BCUT2D eigenvalue weighted by atomic mass is 19.4. The predicted octanol–water partition coefficient (Wildman–Crippen LogP) is 5.28. The number of pyridine rings is 1. The molecule has 10 heteroatoms. The van der Waals surface area contributed by atoms with E-state index in [2.05, 4.69) is 15.0 Å². The number of nitrogens with one attached hydrogen (secondary N) is 1. The summed E-state index contributed by atoms with van der Waals surface area (Å²) in [4.78, 5) is 15.9. The van der Waals surface area contributed by atoms with E-state index < -0.39 is 18.5 Å². The number of carbonyl (C=O) groups is 1. The average molecular weight is 430 g/mol. The number of halogens is 5. The van der Waals surface area contributed by atoms with Gasteiger partial charge in [0.05, 0.1) is 0 Å². The molecule has 0 saturated heterocycles. The molecule has 3 rings (SSSR count). The summed E-state index contributed by atoms with van der Waals surface area (Å²) in [5.74, 6) is -0.600. The molecule has 0 atom stereocenters. The SMILES string of the molecule is O=C(Nc1ccc(OC(F)F)cc1)C1CCC(Oc2cccc(C(F)(F)F)n2)CC1. The van der Waals surface area contributed by atoms with Crippen LogP contribution in [0.1, 0.15) is 31.4 Å². The molecule has 1 fully saturated rings. The van der Waals surface area contributed by atoms with Crippen molar-refractivity contribution in [2.75, 3.05) is 5.32 Å². The van der Waals surface area contributed by atoms with Gasteiger partial charge in [0.1, 0.15) is 17.5 Å². The number of aromatic nitrogens is 1. The van der Waals surface area contributed by atoms with Crippen LogP contribution in [0.3, 0.4) is 0 Å². The summed E-state index contributed by atoms with van der Waals surface area (Å²) in [5.41, 5.74) is -0.564. The highest BCUT2D eigenvalue weighted by Crippen LogP contribution is 2.31. The number of ether oxygens (including phenoxy) is 2. The summed E-state index contributed by atoms with van der Waals surface area (Å²) in [6.45, 7) is -2.92. The molecule has 1 aliphatic rings. The Bertz CT molecular complexity index is 850. The molecule has 1 aliphatic carbocycles. The molecule has 1 heterocycles. The lowest BCUT2D eigenvalue weighted by molar-refractivity contribution is -0.141. The lowest BCUT2D eigenvalue weighted by atomic mass is 9.86. The monoisotopic (exact) mass is 430 g/mol. The van der Waals surface area contributed by atoms with Crippen LogP contribution >= 0.6 is 0 Å². The van der Waals surface area contributed by atoms with Crippen molar-refractivity contribution in [3.05, 3.63) is 48.2 Å². The first-order chi connectivity index (χ1) is 14.2. The maximum atomic E-state index is 12.7. The fraction of sp³-hybridized carbons (Fsp3) is 0.400. The molecule has 0 aliphatic heterocycles. The van der Waals surface area contributed by atoms with Crippen LogP contribution in [-0.4, -0.2) is 23.6 Å². The van der Waals surface area contributed by atoms with Gasteiger partial charge in [-0.15, -0.1) is 0 Å². The maximum absolute atomic E-state index is 12.7. The van der Waals surface area contributed by atoms with Crippen LogP contribution in [0, 0.1) is 5.92 Å². The van der Waals surface area contributed by atoms with Crippen LogP contribution in [0.15, 0.2) is 42.5 Å². The van der Waals surface area contributed by atoms with Crippen molar-refractivity contribution < 1.29 is 36.2 Å². The van der Waals surface area contributed by atoms with Crippen molar-refractivity contribution in [3.8, 4) is 11.6 Å². The number of anilines is 1. The van der Waals surface area contributed by atoms with E-state index in [1.807, 2.05) is 0 Å². The normalized spacial score (nSPS) is 19.4. The van der Waals surface area contributed by atoms with E-state index in [1.165, 1.54) is 36.4 Å². The third-order valence-corrected chi connectivity index (χ3v) is 4.69. The second kappa shape index (κ2) is 9.27. The number of hydrogen-bond acceptors (Lipinski definition) is 4. The minimum Gasteiger partial charge on any atom is -0.474 e. The van der Waals surface area contributed by atoms with Gasteiger partial charge in [-0.05, 0) is 56.0 Å². The van der Waals surface area contributed by atoms with Crippen molar-refractivity contribution in [3.63, 3.8) is 0 Å². The topological polar surface area (TPSA) is 60.5 Å². The molecule has 1 amide bonds. The molecule has 0 bridgehead atoms. The van der Waals surface area contributed by atoms with Gasteiger partial charge in [-0.25, -0.2) is 4.98 Å². The zero-order chi connectivity index (χ0) is 21.7. The number of nitrogens with zero attached hydrogens (tertiary/aromatic N) is 1. The Morgan fingerprint density at radius 1 is 1.03 bits per heavy atom. The first-order valence-corrected chi connectivity index (χ1v) is 9.27. The minimum absolute atomic E-state index is 0.0103. The molecule has 1 aromatic heterocycles. The third-order valence-electron chi connectivity index (χ3n) is 4.69. The van der Waals surface area contributed by atoms with E-state index in [1.54, 1.807) is 0 Å². The predicted molar refractivity (Wildman–Crippen MR) is 97.3 cm³/mol. The number of amides is 1. The Labute approximate surface area is 169 Å². The molecule has 0 unspecified atom stereocenters. The quantitative estimate of drug-likeness (QED) is 0.634. The summed E-state index contributed by atoms with van der Waals surface area (Å²) in [6, 6.07) is 9.06. The van der Waals surface area contributed by atoms with Crippen LogP contribution in [0.4, 0.5) is 27.6 Å². The standard InChI is InChI=1S/C20H19F5N2O3/c21-19(22)30-15-10-6-13(7-11-15)26-18(28)12-4-8-14(9-5-12)29-17-3-1-2-16(27-17)20(23,24)25/h1-3,6-7,10-12,14,19H,4-5,8-9H2,(H,26,28). The van der Waals surface area contributed by atoms with Gasteiger partial charge in [0.2, 0.25) is 11.8 Å². The number of hydrogen-bond donors (Lipinski definition) is 1. The smallest absolute Gasteiger partial charge is 0.433 e. The maximum Gasteiger partial charge on any atom is 0.433 e. The fourth-order valence-corrected chi connectivity index (χ4v) is 3.22. The van der Waals surface area contributed by atoms with E-state index in [4.69, 9.17) is 4.74 Å². The Morgan fingerprint density at radius 3 is 2.30 bits per heavy atom. The molecule has 1 saturated carbocycles. The van der Waals surface area contributed by atoms with E-state index >= 15 is 0 Å². The minimum atomic E-state index is -4.54. The van der Waals surface area contributed by atoms with E-state index in [0.29, 0.717) is 31.4 Å². The van der Waals surface area contributed by atoms with Gasteiger partial charge in [-0.1, -0.05) is 6.07 Å². The average Bonchev–Trinajstić information content (AvgIpc) is 2.69. The Kier molecular flexibility index (Phi) is 6.73. The molecule has 5 nitrogen and oxygen atoms in total. The molecule has 0 spiro atoms. The molecular weight excluding hydrogens is 411 g/mol. The second-order valence-corrected chi connectivity index (χ2v) is 6.84. The van der Waals surface area contributed by atoms with Gasteiger partial charge < -0.3 is 14.8 Å². The molecule has 1 aromatic carbocycles. The highest BCUT2D eigenvalue weighted by molar-refractivity contribution is 5.92. The molecule has 1 N–H and O–H groups in total. The van der Waals surface area contributed by atoms with Crippen molar-refractivity contribution in [1.82, 2.24) is 4.98 Å². The van der Waals surface area contributed by atoms with Crippen LogP contribution < -0.4 is 14.8 Å². The lowest BCUT2D eigenvalue weighted by Gasteiger charge is -2.28. The number of carbonyl (C=O) groups excluding carboxylic acids is 1. The molecular formula is C20H19F5N2O3. The molecule has 30 heavy (non-hydrogen) atoms. The summed E-state index contributed by atoms with van der Waals surface area (Å²) < 4.78 is 72.4. The van der Waals surface area contributed by atoms with Gasteiger partial charge in [-0.2, -0.15) is 22.0 Å². The molecule has 0 radical (unpaired) electrons. The van der Waals surface area contributed by atoms with Gasteiger partial charge in [0, 0.05) is 17.7 Å². The van der Waals surface area contributed by atoms with Gasteiger partial charge in [-0.3, -0.25) is 4.79 Å². The summed E-state index contributed by atoms with van der Waals surface area (Å²) >= 11 is 0. The van der Waals surface area contributed by atoms with E-state index in [-0.39, 0.29) is 29.6 Å². The van der Waals surface area contributed by atoms with Gasteiger partial charge >= 0.3 is 12.8 Å². The van der Waals surface area contributed by atoms with Crippen LogP contribution in [0.5, 0.6) is 11.6 Å². The largest absolute Gasteiger partial charge is 0.474 e. The molecule has 2 aromatic rings. The fourth-order valence-electron chi connectivity index (χ4n) is 3.22. The highest BCUT2D eigenvalue weighted by Gasteiger charge is 2.33. The van der Waals surface area contributed by atoms with Gasteiger partial charge in [0.25, 0.3) is 0 Å². The van der Waals surface area contributed by atoms with Crippen molar-refractivity contribution in [1.29, 1.82) is 0 Å². The van der Waals surface area contributed by atoms with E-state index in [9.17, 15) is 26.7 Å². The van der Waals surface area contributed by atoms with Crippen molar-refractivity contribution >= 4 is 11.6 Å². The Hall–Kier alpha value is -2.91. The van der Waals surface area contributed by atoms with Crippen LogP contribution in [-0.2, 0) is 11.0 Å². The second-order valence-electron chi connectivity index (χ2n) is 6.84. The summed E-state index contributed by atoms with van der Waals surface area (Å²) in [5, 5.41) is 2.72. The number of rotatable bonds is 6. The molecule has 162 valence electrons. The summed E-state index contributed by atoms with van der Waals surface area (Å²) in [6.07, 6.45) is -2.87. The Morgan fingerprint density at radius 2 is 1.70 bits per heavy atom. The third kappa shape index (κ3) is 6.04. The van der Waals surface area contributed by atoms with Gasteiger partial charge in [0.15, 0.2) is 0 Å².